The van der Waals surface area contributed by atoms with Crippen molar-refractivity contribution in [2.45, 2.75) is 32.8 Å². The molecule has 0 spiro atoms. The van der Waals surface area contributed by atoms with E-state index in [0.717, 1.165) is 17.7 Å². The molecule has 3 N–H and O–H groups in total. The molecule has 144 valence electrons. The molecule has 0 heterocycles. The van der Waals surface area contributed by atoms with Crippen molar-refractivity contribution in [2.24, 2.45) is 0 Å². The van der Waals surface area contributed by atoms with Crippen LogP contribution >= 0.6 is 0 Å². The lowest BCUT2D eigenvalue weighted by Gasteiger charge is -2.16. The molecule has 2 aromatic carbocycles. The van der Waals surface area contributed by atoms with Crippen molar-refractivity contribution < 1.29 is 23.1 Å². The number of carbonyl (C=O) groups is 2. The minimum atomic E-state index is -0.932. The smallest absolute Gasteiger partial charge is 0.338 e. The standard InChI is InChI=1S/C19H21F2N3O3/c1-11(2)13-4-7-15(8-5-13)27-12(3)18(25)23-24-19(26)22-17-9-6-14(20)10-16(17)21/h4-12H,1-3H3,(H,23,25)(H2,22,24,26). The van der Waals surface area contributed by atoms with Crippen molar-refractivity contribution in [1.82, 2.24) is 10.9 Å². The third-order valence-corrected chi connectivity index (χ3v) is 3.71. The Kier molecular flexibility index (Phi) is 6.70. The maximum atomic E-state index is 13.5. The van der Waals surface area contributed by atoms with E-state index in [1.54, 1.807) is 12.1 Å². The normalized spacial score (nSPS) is 11.6. The second-order valence-electron chi connectivity index (χ2n) is 6.18. The number of urea groups is 1. The van der Waals surface area contributed by atoms with Crippen LogP contribution in [0, 0.1) is 11.6 Å². The topological polar surface area (TPSA) is 79.5 Å². The maximum absolute atomic E-state index is 13.5. The highest BCUT2D eigenvalue weighted by molar-refractivity contribution is 5.91. The lowest BCUT2D eigenvalue weighted by molar-refractivity contribution is -0.127. The van der Waals surface area contributed by atoms with Gasteiger partial charge in [-0.05, 0) is 42.7 Å². The Morgan fingerprint density at radius 1 is 0.963 bits per heavy atom. The summed E-state index contributed by atoms with van der Waals surface area (Å²) < 4.78 is 31.8. The first kappa shape index (κ1) is 20.2. The third-order valence-electron chi connectivity index (χ3n) is 3.71. The van der Waals surface area contributed by atoms with Gasteiger partial charge in [0.1, 0.15) is 17.4 Å². The van der Waals surface area contributed by atoms with E-state index in [2.05, 4.69) is 30.0 Å². The molecule has 2 rings (SSSR count). The fourth-order valence-corrected chi connectivity index (χ4v) is 2.15. The quantitative estimate of drug-likeness (QED) is 0.695. The molecule has 1 unspecified atom stereocenters. The number of halogens is 2. The van der Waals surface area contributed by atoms with Crippen LogP contribution in [0.2, 0.25) is 0 Å². The molecule has 0 aromatic heterocycles. The van der Waals surface area contributed by atoms with E-state index >= 15 is 0 Å². The molecular formula is C19H21F2N3O3. The van der Waals surface area contributed by atoms with E-state index in [9.17, 15) is 18.4 Å². The molecule has 0 aliphatic carbocycles. The van der Waals surface area contributed by atoms with Gasteiger partial charge >= 0.3 is 6.03 Å². The molecule has 1 atom stereocenters. The highest BCUT2D eigenvalue weighted by Gasteiger charge is 2.16. The maximum Gasteiger partial charge on any atom is 0.338 e. The molecule has 0 aliphatic heterocycles. The number of hydrogen-bond acceptors (Lipinski definition) is 3. The Labute approximate surface area is 155 Å². The van der Waals surface area contributed by atoms with Crippen LogP contribution in [-0.4, -0.2) is 18.0 Å². The number of rotatable bonds is 5. The highest BCUT2D eigenvalue weighted by Crippen LogP contribution is 2.19. The van der Waals surface area contributed by atoms with Crippen LogP contribution in [-0.2, 0) is 4.79 Å². The Morgan fingerprint density at radius 2 is 1.63 bits per heavy atom. The van der Waals surface area contributed by atoms with Crippen LogP contribution in [0.1, 0.15) is 32.3 Å². The number of benzene rings is 2. The van der Waals surface area contributed by atoms with Gasteiger partial charge in [-0.25, -0.2) is 19.0 Å². The molecule has 0 saturated heterocycles. The van der Waals surface area contributed by atoms with Gasteiger partial charge in [0.05, 0.1) is 5.69 Å². The van der Waals surface area contributed by atoms with Gasteiger partial charge < -0.3 is 10.1 Å². The summed E-state index contributed by atoms with van der Waals surface area (Å²) in [6.45, 7) is 5.66. The van der Waals surface area contributed by atoms with Crippen molar-refractivity contribution in [2.75, 3.05) is 5.32 Å². The van der Waals surface area contributed by atoms with Crippen molar-refractivity contribution in [3.8, 4) is 5.75 Å². The minimum absolute atomic E-state index is 0.224. The highest BCUT2D eigenvalue weighted by atomic mass is 19.1. The van der Waals surface area contributed by atoms with E-state index < -0.39 is 29.7 Å². The summed E-state index contributed by atoms with van der Waals surface area (Å²) in [7, 11) is 0. The van der Waals surface area contributed by atoms with E-state index in [-0.39, 0.29) is 5.69 Å². The van der Waals surface area contributed by atoms with Crippen LogP contribution in [0.5, 0.6) is 5.75 Å². The first-order valence-corrected chi connectivity index (χ1v) is 8.34. The number of anilines is 1. The second kappa shape index (κ2) is 8.98. The molecule has 0 bridgehead atoms. The average Bonchev–Trinajstić information content (AvgIpc) is 2.62. The summed E-state index contributed by atoms with van der Waals surface area (Å²) in [4.78, 5) is 23.7. The lowest BCUT2D eigenvalue weighted by atomic mass is 10.0. The largest absolute Gasteiger partial charge is 0.481 e. The van der Waals surface area contributed by atoms with Gasteiger partial charge in [-0.15, -0.1) is 0 Å². The van der Waals surface area contributed by atoms with Crippen LogP contribution in [0.25, 0.3) is 0 Å². The molecule has 6 nitrogen and oxygen atoms in total. The minimum Gasteiger partial charge on any atom is -0.481 e. The fraction of sp³-hybridized carbons (Fsp3) is 0.263. The zero-order chi connectivity index (χ0) is 20.0. The summed E-state index contributed by atoms with van der Waals surface area (Å²) in [6.07, 6.45) is -0.877. The zero-order valence-corrected chi connectivity index (χ0v) is 15.2. The molecular weight excluding hydrogens is 356 g/mol. The Balaban J connectivity index is 1.82. The van der Waals surface area contributed by atoms with E-state index in [1.165, 1.54) is 6.92 Å². The lowest BCUT2D eigenvalue weighted by Crippen LogP contribution is -2.48. The monoisotopic (exact) mass is 377 g/mol. The molecule has 8 heteroatoms. The first-order valence-electron chi connectivity index (χ1n) is 8.34. The van der Waals surface area contributed by atoms with Gasteiger partial charge in [0.2, 0.25) is 0 Å². The van der Waals surface area contributed by atoms with Gasteiger partial charge in [0.25, 0.3) is 5.91 Å². The number of hydrazine groups is 1. The van der Waals surface area contributed by atoms with Crippen LogP contribution < -0.4 is 20.9 Å². The number of amides is 3. The number of ether oxygens (including phenoxy) is 1. The summed E-state index contributed by atoms with van der Waals surface area (Å²) in [5, 5.41) is 2.15. The zero-order valence-electron chi connectivity index (χ0n) is 15.2. The average molecular weight is 377 g/mol. The molecule has 0 fully saturated rings. The van der Waals surface area contributed by atoms with Crippen molar-refractivity contribution in [3.05, 3.63) is 59.7 Å². The SMILES string of the molecule is CC(Oc1ccc(C(C)C)cc1)C(=O)NNC(=O)Nc1ccc(F)cc1F. The van der Waals surface area contributed by atoms with Crippen LogP contribution in [0.4, 0.5) is 19.3 Å². The molecule has 0 radical (unpaired) electrons. The number of carbonyl (C=O) groups excluding carboxylic acids is 2. The molecule has 0 aliphatic rings. The summed E-state index contributed by atoms with van der Waals surface area (Å²) in [6, 6.07) is 9.15. The summed E-state index contributed by atoms with van der Waals surface area (Å²) in [5.74, 6) is -1.40. The van der Waals surface area contributed by atoms with Crippen molar-refractivity contribution in [3.63, 3.8) is 0 Å². The second-order valence-corrected chi connectivity index (χ2v) is 6.18. The molecule has 27 heavy (non-hydrogen) atoms. The number of nitrogens with one attached hydrogen (secondary N) is 3. The summed E-state index contributed by atoms with van der Waals surface area (Å²) >= 11 is 0. The predicted octanol–water partition coefficient (Wildman–Crippen LogP) is 3.71. The molecule has 3 amide bonds. The van der Waals surface area contributed by atoms with Crippen molar-refractivity contribution >= 4 is 17.6 Å². The van der Waals surface area contributed by atoms with Gasteiger partial charge in [-0.2, -0.15) is 0 Å². The van der Waals surface area contributed by atoms with Gasteiger partial charge in [-0.3, -0.25) is 10.2 Å². The number of hydrogen-bond donors (Lipinski definition) is 3. The van der Waals surface area contributed by atoms with Gasteiger partial charge in [-0.1, -0.05) is 26.0 Å². The van der Waals surface area contributed by atoms with Gasteiger partial charge in [0, 0.05) is 6.07 Å². The van der Waals surface area contributed by atoms with Crippen molar-refractivity contribution in [1.29, 1.82) is 0 Å². The first-order chi connectivity index (χ1) is 12.8. The van der Waals surface area contributed by atoms with E-state index in [0.29, 0.717) is 17.7 Å². The fourth-order valence-electron chi connectivity index (χ4n) is 2.15. The summed E-state index contributed by atoms with van der Waals surface area (Å²) in [5.41, 5.74) is 5.15. The van der Waals surface area contributed by atoms with E-state index in [4.69, 9.17) is 4.74 Å². The van der Waals surface area contributed by atoms with E-state index in [1.807, 2.05) is 12.1 Å². The molecule has 0 saturated carbocycles. The van der Waals surface area contributed by atoms with Crippen LogP contribution in [0.15, 0.2) is 42.5 Å². The molecule has 2 aromatic rings. The predicted molar refractivity (Wildman–Crippen MR) is 97.3 cm³/mol. The van der Waals surface area contributed by atoms with Gasteiger partial charge in [0.15, 0.2) is 6.10 Å². The van der Waals surface area contributed by atoms with Crippen LogP contribution in [0.3, 0.4) is 0 Å². The Hall–Kier alpha value is -3.16. The Morgan fingerprint density at radius 3 is 2.22 bits per heavy atom. The third kappa shape index (κ3) is 5.95. The Bertz CT molecular complexity index is 810.